The van der Waals surface area contributed by atoms with E-state index in [1.165, 1.54) is 5.56 Å². The lowest BCUT2D eigenvalue weighted by Gasteiger charge is -2.09. The Hall–Kier alpha value is -1.06. The van der Waals surface area contributed by atoms with Gasteiger partial charge in [0.25, 0.3) is 0 Å². The van der Waals surface area contributed by atoms with Crippen molar-refractivity contribution < 1.29 is 9.94 Å². The molecule has 0 unspecified atom stereocenters. The van der Waals surface area contributed by atoms with Gasteiger partial charge in [-0.25, -0.2) is 5.90 Å². The van der Waals surface area contributed by atoms with Crippen LogP contribution in [0.15, 0.2) is 12.1 Å². The topological polar surface area (TPSA) is 55.5 Å². The number of phenolic OH excluding ortho intramolecular Hbond substituents is 1. The van der Waals surface area contributed by atoms with E-state index in [0.29, 0.717) is 12.4 Å². The Balaban J connectivity index is 2.92. The first kappa shape index (κ1) is 11.0. The summed E-state index contributed by atoms with van der Waals surface area (Å²) >= 11 is 0. The van der Waals surface area contributed by atoms with Crippen molar-refractivity contribution in [2.45, 2.75) is 26.7 Å². The van der Waals surface area contributed by atoms with Gasteiger partial charge in [-0.15, -0.1) is 0 Å². The fraction of sp³-hybridized carbons (Fsp3) is 0.455. The second kappa shape index (κ2) is 4.98. The van der Waals surface area contributed by atoms with Gasteiger partial charge in [0.15, 0.2) is 0 Å². The summed E-state index contributed by atoms with van der Waals surface area (Å²) in [6.45, 7) is 4.51. The number of aryl methyl sites for hydroxylation is 2. The standard InChI is InChI=1S/C11H17NO2/c1-3-9-7-10(4-5-14-12)8(2)6-11(9)13/h6-7,13H,3-5,12H2,1-2H3. The molecule has 0 atom stereocenters. The van der Waals surface area contributed by atoms with Crippen LogP contribution >= 0.6 is 0 Å². The van der Waals surface area contributed by atoms with Gasteiger partial charge in [0.1, 0.15) is 5.75 Å². The van der Waals surface area contributed by atoms with Crippen LogP contribution < -0.4 is 5.90 Å². The third-order valence-electron chi connectivity index (χ3n) is 2.41. The highest BCUT2D eigenvalue weighted by atomic mass is 16.6. The molecule has 1 aromatic carbocycles. The van der Waals surface area contributed by atoms with E-state index in [-0.39, 0.29) is 0 Å². The lowest BCUT2D eigenvalue weighted by Crippen LogP contribution is -2.05. The number of hydrogen-bond donors (Lipinski definition) is 2. The summed E-state index contributed by atoms with van der Waals surface area (Å²) in [7, 11) is 0. The molecule has 1 aromatic rings. The molecule has 14 heavy (non-hydrogen) atoms. The summed E-state index contributed by atoms with van der Waals surface area (Å²) in [6, 6.07) is 3.81. The summed E-state index contributed by atoms with van der Waals surface area (Å²) in [5, 5.41) is 9.59. The number of benzene rings is 1. The third kappa shape index (κ3) is 2.47. The van der Waals surface area contributed by atoms with Crippen LogP contribution in [0.3, 0.4) is 0 Å². The highest BCUT2D eigenvalue weighted by Crippen LogP contribution is 2.22. The second-order valence-electron chi connectivity index (χ2n) is 3.38. The number of hydrogen-bond acceptors (Lipinski definition) is 3. The molecular formula is C11H17NO2. The van der Waals surface area contributed by atoms with Crippen molar-refractivity contribution in [1.82, 2.24) is 0 Å². The molecule has 0 spiro atoms. The van der Waals surface area contributed by atoms with Crippen LogP contribution in [0.5, 0.6) is 5.75 Å². The van der Waals surface area contributed by atoms with Crippen LogP contribution in [0.2, 0.25) is 0 Å². The van der Waals surface area contributed by atoms with Gasteiger partial charge in [-0.1, -0.05) is 13.0 Å². The smallest absolute Gasteiger partial charge is 0.119 e. The molecule has 0 saturated carbocycles. The first-order valence-electron chi connectivity index (χ1n) is 4.82. The number of nitrogens with two attached hydrogens (primary N) is 1. The van der Waals surface area contributed by atoms with Crippen LogP contribution in [0.1, 0.15) is 23.6 Å². The van der Waals surface area contributed by atoms with Gasteiger partial charge in [0.2, 0.25) is 0 Å². The molecule has 0 aliphatic rings. The molecule has 0 bridgehead atoms. The summed E-state index contributed by atoms with van der Waals surface area (Å²) in [5.41, 5.74) is 3.24. The average molecular weight is 195 g/mol. The van der Waals surface area contributed by atoms with Gasteiger partial charge in [-0.3, -0.25) is 0 Å². The molecule has 3 nitrogen and oxygen atoms in total. The number of aromatic hydroxyl groups is 1. The van der Waals surface area contributed by atoms with E-state index in [4.69, 9.17) is 5.90 Å². The molecule has 0 amide bonds. The largest absolute Gasteiger partial charge is 0.508 e. The Kier molecular flexibility index (Phi) is 3.92. The summed E-state index contributed by atoms with van der Waals surface area (Å²) in [6.07, 6.45) is 1.62. The maximum Gasteiger partial charge on any atom is 0.119 e. The normalized spacial score (nSPS) is 10.5. The Morgan fingerprint density at radius 1 is 1.36 bits per heavy atom. The predicted octanol–water partition coefficient (Wildman–Crippen LogP) is 1.70. The zero-order valence-corrected chi connectivity index (χ0v) is 8.71. The maximum atomic E-state index is 9.59. The lowest BCUT2D eigenvalue weighted by atomic mass is 10.0. The molecule has 0 fully saturated rings. The van der Waals surface area contributed by atoms with E-state index in [1.54, 1.807) is 6.07 Å². The molecule has 3 heteroatoms. The third-order valence-corrected chi connectivity index (χ3v) is 2.41. The Bertz CT molecular complexity index is 310. The average Bonchev–Trinajstić information content (AvgIpc) is 2.17. The molecule has 0 saturated heterocycles. The molecule has 78 valence electrons. The van der Waals surface area contributed by atoms with Crippen molar-refractivity contribution in [1.29, 1.82) is 0 Å². The number of rotatable bonds is 4. The molecule has 0 aliphatic carbocycles. The van der Waals surface area contributed by atoms with Gasteiger partial charge < -0.3 is 9.94 Å². The minimum Gasteiger partial charge on any atom is -0.508 e. The van der Waals surface area contributed by atoms with E-state index in [1.807, 2.05) is 19.9 Å². The molecule has 0 heterocycles. The van der Waals surface area contributed by atoms with E-state index in [0.717, 1.165) is 24.0 Å². The highest BCUT2D eigenvalue weighted by Gasteiger charge is 2.04. The van der Waals surface area contributed by atoms with Crippen molar-refractivity contribution >= 4 is 0 Å². The van der Waals surface area contributed by atoms with Crippen molar-refractivity contribution in [3.63, 3.8) is 0 Å². The van der Waals surface area contributed by atoms with Crippen LogP contribution in [0.25, 0.3) is 0 Å². The second-order valence-corrected chi connectivity index (χ2v) is 3.38. The van der Waals surface area contributed by atoms with Crippen molar-refractivity contribution in [3.8, 4) is 5.75 Å². The minimum absolute atomic E-state index is 0.377. The van der Waals surface area contributed by atoms with Crippen molar-refractivity contribution in [3.05, 3.63) is 28.8 Å². The molecule has 0 aromatic heterocycles. The molecule has 0 radical (unpaired) electrons. The predicted molar refractivity (Wildman–Crippen MR) is 56.1 cm³/mol. The van der Waals surface area contributed by atoms with Gasteiger partial charge in [0, 0.05) is 0 Å². The fourth-order valence-corrected chi connectivity index (χ4v) is 1.51. The zero-order valence-electron chi connectivity index (χ0n) is 8.71. The van der Waals surface area contributed by atoms with Crippen LogP contribution in [-0.2, 0) is 17.7 Å². The zero-order chi connectivity index (χ0) is 10.6. The van der Waals surface area contributed by atoms with Gasteiger partial charge >= 0.3 is 0 Å². The Labute approximate surface area is 84.5 Å². The van der Waals surface area contributed by atoms with Gasteiger partial charge in [-0.2, -0.15) is 0 Å². The Morgan fingerprint density at radius 3 is 2.64 bits per heavy atom. The van der Waals surface area contributed by atoms with Gasteiger partial charge in [-0.05, 0) is 42.5 Å². The minimum atomic E-state index is 0.377. The van der Waals surface area contributed by atoms with E-state index in [9.17, 15) is 5.11 Å². The van der Waals surface area contributed by atoms with Crippen molar-refractivity contribution in [2.24, 2.45) is 5.90 Å². The SMILES string of the molecule is CCc1cc(CCON)c(C)cc1O. The molecule has 0 aliphatic heterocycles. The quantitative estimate of drug-likeness (QED) is 0.719. The van der Waals surface area contributed by atoms with E-state index >= 15 is 0 Å². The summed E-state index contributed by atoms with van der Waals surface area (Å²) < 4.78 is 0. The molecule has 1 rings (SSSR count). The first-order valence-corrected chi connectivity index (χ1v) is 4.82. The molecular weight excluding hydrogens is 178 g/mol. The number of phenols is 1. The van der Waals surface area contributed by atoms with E-state index in [2.05, 4.69) is 4.84 Å². The van der Waals surface area contributed by atoms with Crippen LogP contribution in [0, 0.1) is 6.92 Å². The monoisotopic (exact) mass is 195 g/mol. The summed E-state index contributed by atoms with van der Waals surface area (Å²) in [4.78, 5) is 4.54. The maximum absolute atomic E-state index is 9.59. The fourth-order valence-electron chi connectivity index (χ4n) is 1.51. The molecule has 3 N–H and O–H groups in total. The van der Waals surface area contributed by atoms with Crippen molar-refractivity contribution in [2.75, 3.05) is 6.61 Å². The Morgan fingerprint density at radius 2 is 2.07 bits per heavy atom. The van der Waals surface area contributed by atoms with Gasteiger partial charge in [0.05, 0.1) is 6.61 Å². The highest BCUT2D eigenvalue weighted by molar-refractivity contribution is 5.41. The summed E-state index contributed by atoms with van der Waals surface area (Å²) in [5.74, 6) is 5.35. The first-order chi connectivity index (χ1) is 6.69. The van der Waals surface area contributed by atoms with Crippen LogP contribution in [-0.4, -0.2) is 11.7 Å². The van der Waals surface area contributed by atoms with Crippen LogP contribution in [0.4, 0.5) is 0 Å². The van der Waals surface area contributed by atoms with E-state index < -0.39 is 0 Å². The lowest BCUT2D eigenvalue weighted by molar-refractivity contribution is 0.141.